The molecule has 16 heteroatoms. The maximum absolute atomic E-state index is 7.28. The van der Waals surface area contributed by atoms with E-state index < -0.39 is 33.0 Å². The molecule has 0 aliphatic rings. The maximum atomic E-state index is 7.28. The van der Waals surface area contributed by atoms with Gasteiger partial charge in [-0.1, -0.05) is 336 Å². The van der Waals surface area contributed by atoms with Crippen LogP contribution in [0.5, 0.6) is 23.0 Å². The molecule has 0 aliphatic heterocycles. The van der Waals surface area contributed by atoms with E-state index >= 15 is 0 Å². The van der Waals surface area contributed by atoms with Gasteiger partial charge in [-0.05, 0) is 138 Å². The highest BCUT2D eigenvalue weighted by molar-refractivity contribution is 7.33. The van der Waals surface area contributed by atoms with Gasteiger partial charge in [-0.25, -0.2) is 0 Å². The highest BCUT2D eigenvalue weighted by Gasteiger charge is 2.36. The van der Waals surface area contributed by atoms with Crippen molar-refractivity contribution in [1.82, 2.24) is 0 Å². The van der Waals surface area contributed by atoms with Crippen LogP contribution in [-0.4, -0.2) is 0 Å². The Hall–Kier alpha value is -10.6. The second-order valence-corrected chi connectivity index (χ2v) is 43.5. The van der Waals surface area contributed by atoms with Crippen molar-refractivity contribution in [1.29, 1.82) is 0 Å². The molecule has 0 spiro atoms. The normalized spacial score (nSPS) is 12.7. The number of rotatable bonds is 10. The fourth-order valence-electron chi connectivity index (χ4n) is 15.0. The minimum Gasteiger partial charge on any atom is -0.390 e. The lowest BCUT2D eigenvalue weighted by atomic mass is 9.75. The quantitative estimate of drug-likeness (QED) is 0.129. The molecule has 4 heterocycles. The molecule has 0 aliphatic carbocycles. The molecule has 16 rings (SSSR count). The third kappa shape index (κ3) is 17.8. The van der Waals surface area contributed by atoms with E-state index in [2.05, 4.69) is 239 Å². The van der Waals surface area contributed by atoms with Gasteiger partial charge in [0.25, 0.3) is 0 Å². The van der Waals surface area contributed by atoms with Crippen molar-refractivity contribution >= 4 is 121 Å². The van der Waals surface area contributed by atoms with Crippen molar-refractivity contribution < 1.29 is 51.7 Å². The second-order valence-electron chi connectivity index (χ2n) is 39.6. The van der Waals surface area contributed by atoms with Gasteiger partial charge in [-0.15, -0.1) is 0 Å². The first-order valence-electron chi connectivity index (χ1n) is 41.4. The molecule has 0 atom stereocenters. The van der Waals surface area contributed by atoms with Crippen LogP contribution in [0, 0.1) is 0 Å². The first-order chi connectivity index (χ1) is 56.5. The van der Waals surface area contributed by atoms with Crippen molar-refractivity contribution in [3.8, 4) is 45.3 Å². The van der Waals surface area contributed by atoms with Gasteiger partial charge in [0.2, 0.25) is 0 Å². The van der Waals surface area contributed by atoms with Gasteiger partial charge in [0.15, 0.2) is 0 Å². The summed E-state index contributed by atoms with van der Waals surface area (Å²) >= 11 is 0. The van der Waals surface area contributed by atoms with Gasteiger partial charge in [-0.2, -0.15) is 0 Å². The molecule has 620 valence electrons. The predicted octanol–water partition coefficient (Wildman–Crippen LogP) is 34.9. The Bertz CT molecular complexity index is 6310. The summed E-state index contributed by atoms with van der Waals surface area (Å²) in [7, 11) is -7.89. The molecule has 0 fully saturated rings. The summed E-state index contributed by atoms with van der Waals surface area (Å²) in [5.41, 5.74) is 16.5. The molecule has 0 radical (unpaired) electrons. The van der Waals surface area contributed by atoms with E-state index in [1.165, 1.54) is 22.3 Å². The fraction of sp³-hybridized carbons (Fsp3) is 0.308. The summed E-state index contributed by atoms with van der Waals surface area (Å²) in [4.78, 5) is 0. The monoisotopic (exact) mass is 1680 g/mol. The lowest BCUT2D eigenvalue weighted by Gasteiger charge is -2.31. The summed E-state index contributed by atoms with van der Waals surface area (Å²) in [6, 6.07) is 82.3. The Morgan fingerprint density at radius 3 is 0.667 bits per heavy atom. The van der Waals surface area contributed by atoms with Gasteiger partial charge in [0.1, 0.15) is 67.7 Å². The zero-order valence-corrected chi connectivity index (χ0v) is 77.4. The molecule has 12 aromatic carbocycles. The first-order valence-corrected chi connectivity index (χ1v) is 45.8. The van der Waals surface area contributed by atoms with Crippen LogP contribution in [0.25, 0.3) is 110 Å². The standard InChI is InChI=1S/2C52H56O6P2/c1-49(2,3)33-29-39(47(41(31-33)51(7,8)9)57-59-53-43-25-17-13-21-35(43)36-22-14-18-26-44(36)54-59)40-30-34(50(4,5)6)32-42(52(10,11)12)48(40)58-60-55-45-27-19-15-23-37(45)38-24-16-20-28-46(38)56-60;1-49(2,3)33-29-39-40-30-34(50(4,5)6)32-42(52(10,11)12)48(40)58-60(57-47(39)41(31-33)51(7,8)9)56-46-28-20-16-24-38(46)37-23-15-19-27-45(37)55-59-53-43-25-17-13-21-35(43)36-22-14-18-26-44(36)54-59/h2*13-32H,1-12H3. The number of benzene rings is 12. The van der Waals surface area contributed by atoms with Crippen molar-refractivity contribution in [3.63, 3.8) is 0 Å². The van der Waals surface area contributed by atoms with Crippen LogP contribution in [0.3, 0.4) is 0 Å². The largest absolute Gasteiger partial charge is 0.453 e. The minimum absolute atomic E-state index is 0.104. The third-order valence-electron chi connectivity index (χ3n) is 21.9. The van der Waals surface area contributed by atoms with Crippen molar-refractivity contribution in [2.75, 3.05) is 0 Å². The van der Waals surface area contributed by atoms with E-state index in [1.807, 2.05) is 170 Å². The van der Waals surface area contributed by atoms with Crippen LogP contribution in [0.15, 0.2) is 276 Å². The highest BCUT2D eigenvalue weighted by Crippen LogP contribution is 2.56. The van der Waals surface area contributed by atoms with Crippen molar-refractivity contribution in [2.45, 2.75) is 209 Å². The number of hydrogen-bond acceptors (Lipinski definition) is 12. The molecule has 0 bridgehead atoms. The van der Waals surface area contributed by atoms with Gasteiger partial charge < -0.3 is 51.7 Å². The maximum Gasteiger partial charge on any atom is 0.453 e. The minimum atomic E-state index is -2.03. The molecule has 0 N–H and O–H groups in total. The lowest BCUT2D eigenvalue weighted by molar-refractivity contribution is 0.471. The molecule has 12 nitrogen and oxygen atoms in total. The van der Waals surface area contributed by atoms with Crippen LogP contribution in [-0.2, 0) is 43.3 Å². The number of hydrogen-bond donors (Lipinski definition) is 0. The summed E-state index contributed by atoms with van der Waals surface area (Å²) in [5, 5.41) is 7.78. The Labute approximate surface area is 709 Å². The Morgan fingerprint density at radius 2 is 0.408 bits per heavy atom. The molecule has 120 heavy (non-hydrogen) atoms. The summed E-state index contributed by atoms with van der Waals surface area (Å²) < 4.78 is 82.4. The average molecular weight is 1680 g/mol. The smallest absolute Gasteiger partial charge is 0.390 e. The van der Waals surface area contributed by atoms with E-state index in [0.29, 0.717) is 56.5 Å². The van der Waals surface area contributed by atoms with E-state index in [1.54, 1.807) is 0 Å². The summed E-state index contributed by atoms with van der Waals surface area (Å²) in [6.07, 6.45) is 0. The first kappa shape index (κ1) is 84.5. The molecular weight excluding hydrogens is 1570 g/mol. The molecule has 0 amide bonds. The van der Waals surface area contributed by atoms with Gasteiger partial charge in [0.05, 0.1) is 0 Å². The molecular formula is C104H112O12P4. The molecule has 0 saturated carbocycles. The van der Waals surface area contributed by atoms with Crippen molar-refractivity contribution in [3.05, 3.63) is 287 Å². The molecule has 4 aromatic heterocycles. The van der Waals surface area contributed by atoms with Crippen LogP contribution < -0.4 is 18.1 Å². The van der Waals surface area contributed by atoms with E-state index in [0.717, 1.165) is 98.8 Å². The van der Waals surface area contributed by atoms with Crippen LogP contribution in [0.4, 0.5) is 0 Å². The van der Waals surface area contributed by atoms with Crippen LogP contribution >= 0.6 is 33.0 Å². The number of fused-ring (bicyclic) bond motifs is 12. The zero-order valence-electron chi connectivity index (χ0n) is 73.8. The van der Waals surface area contributed by atoms with Crippen LogP contribution in [0.1, 0.15) is 211 Å². The van der Waals surface area contributed by atoms with Crippen LogP contribution in [0.2, 0.25) is 0 Å². The van der Waals surface area contributed by atoms with E-state index in [9.17, 15) is 0 Å². The fourth-order valence-corrected chi connectivity index (χ4v) is 19.4. The van der Waals surface area contributed by atoms with E-state index in [4.69, 9.17) is 51.7 Å². The third-order valence-corrected chi connectivity index (χ3v) is 26.0. The number of para-hydroxylation sites is 8. The average Bonchev–Trinajstić information content (AvgIpc) is 0.814. The topological polar surface area (TPSA) is 142 Å². The summed E-state index contributed by atoms with van der Waals surface area (Å²) in [6.45, 7) is 54.0. The Kier molecular flexibility index (Phi) is 22.6. The highest BCUT2D eigenvalue weighted by atomic mass is 31.1. The molecule has 0 saturated heterocycles. The molecule has 0 unspecified atom stereocenters. The van der Waals surface area contributed by atoms with Gasteiger partial charge in [-0.3, -0.25) is 0 Å². The van der Waals surface area contributed by atoms with E-state index in [-0.39, 0.29) is 43.3 Å². The lowest BCUT2D eigenvalue weighted by Crippen LogP contribution is -2.19. The Balaban J connectivity index is 0.000000187. The van der Waals surface area contributed by atoms with Gasteiger partial charge >= 0.3 is 33.0 Å². The Morgan fingerprint density at radius 1 is 0.192 bits per heavy atom. The van der Waals surface area contributed by atoms with Crippen molar-refractivity contribution in [2.24, 2.45) is 0 Å². The van der Waals surface area contributed by atoms with Gasteiger partial charge in [0, 0.05) is 87.6 Å². The molecule has 16 aromatic rings. The summed E-state index contributed by atoms with van der Waals surface area (Å²) in [5.74, 6) is 2.56. The predicted molar refractivity (Wildman–Crippen MR) is 503 cm³/mol. The SMILES string of the molecule is CC(C)(C)c1cc(-c2cc(C(C)(C)C)cc(C(C)(C)C)c2Op2oc3ccccc3c3ccccc3o2)c(Op2oc3ccccc3c3ccccc3o2)c(C(C)(C)C)c1.CC(C)(C)c1cc(C(C)(C)C)c2op(Oc3ccccc3-c3ccccc3Op3oc4ccccc4c4ccccc4o3)oc3c(C(C)(C)C)cc(C(C)(C)C)cc3c2c1. The second kappa shape index (κ2) is 32.1. The zero-order chi connectivity index (χ0) is 85.6.